The lowest BCUT2D eigenvalue weighted by Crippen LogP contribution is -2.09. The van der Waals surface area contributed by atoms with Crippen molar-refractivity contribution in [3.63, 3.8) is 0 Å². The quantitative estimate of drug-likeness (QED) is 0.634. The molecular formula is C17H18N6S. The van der Waals surface area contributed by atoms with Crippen molar-refractivity contribution in [3.8, 4) is 0 Å². The van der Waals surface area contributed by atoms with Gasteiger partial charge in [0.1, 0.15) is 22.8 Å². The molecule has 1 aliphatic carbocycles. The van der Waals surface area contributed by atoms with E-state index in [-0.39, 0.29) is 0 Å². The Balaban J connectivity index is 1.78. The van der Waals surface area contributed by atoms with Crippen molar-refractivity contribution in [1.29, 1.82) is 5.41 Å². The topological polar surface area (TPSA) is 101 Å². The molecule has 122 valence electrons. The van der Waals surface area contributed by atoms with Crippen LogP contribution in [0.4, 0.5) is 17.3 Å². The number of pyridine rings is 1. The Hall–Kier alpha value is -2.54. The van der Waals surface area contributed by atoms with Crippen LogP contribution >= 0.6 is 11.3 Å². The molecule has 3 aromatic heterocycles. The molecule has 6 nitrogen and oxygen atoms in total. The van der Waals surface area contributed by atoms with Crippen LogP contribution in [0.15, 0.2) is 18.6 Å². The minimum atomic E-state index is 0.491. The first-order valence-corrected chi connectivity index (χ1v) is 8.75. The molecule has 0 aromatic carbocycles. The normalized spacial score (nSPS) is 16.8. The van der Waals surface area contributed by atoms with Gasteiger partial charge < -0.3 is 16.5 Å². The van der Waals surface area contributed by atoms with E-state index in [1.54, 1.807) is 29.9 Å². The molecule has 0 radical (unpaired) electrons. The molecule has 3 heterocycles. The van der Waals surface area contributed by atoms with Crippen LogP contribution in [0.1, 0.15) is 29.3 Å². The van der Waals surface area contributed by atoms with Gasteiger partial charge in [0.25, 0.3) is 0 Å². The summed E-state index contributed by atoms with van der Waals surface area (Å²) in [7, 11) is 0. The first kappa shape index (κ1) is 15.0. The van der Waals surface area contributed by atoms with E-state index < -0.39 is 0 Å². The molecule has 7 heteroatoms. The average Bonchev–Trinajstić information content (AvgIpc) is 2.94. The minimum absolute atomic E-state index is 0.491. The zero-order valence-corrected chi connectivity index (χ0v) is 14.2. The van der Waals surface area contributed by atoms with E-state index in [1.165, 1.54) is 23.1 Å². The first-order valence-electron chi connectivity index (χ1n) is 7.94. The molecule has 0 aliphatic heterocycles. The lowest BCUT2D eigenvalue weighted by molar-refractivity contribution is 0.509. The Bertz CT molecular complexity index is 932. The lowest BCUT2D eigenvalue weighted by Gasteiger charge is -2.18. The summed E-state index contributed by atoms with van der Waals surface area (Å²) in [6, 6.07) is 1.76. The van der Waals surface area contributed by atoms with Crippen molar-refractivity contribution in [3.05, 3.63) is 34.6 Å². The highest BCUT2D eigenvalue weighted by Gasteiger charge is 2.23. The maximum atomic E-state index is 7.43. The molecule has 0 amide bonds. The maximum Gasteiger partial charge on any atom is 0.144 e. The van der Waals surface area contributed by atoms with Crippen LogP contribution in [0.5, 0.6) is 0 Å². The molecule has 4 N–H and O–H groups in total. The summed E-state index contributed by atoms with van der Waals surface area (Å²) in [4.78, 5) is 15.6. The number of hydrogen-bond donors (Lipinski definition) is 3. The van der Waals surface area contributed by atoms with Crippen molar-refractivity contribution >= 4 is 45.1 Å². The number of nitrogens with two attached hydrogens (primary N) is 1. The standard InChI is InChI=1S/C17H18N6S/c1-9-2-3-11-13(4-9)24-17-15(11)16(21-8-22-17)23-14-5-10(6-18)12(19)7-20-14/h5-9,18H,2-4,19H2,1H3,(H,20,21,22,23). The van der Waals surface area contributed by atoms with Gasteiger partial charge in [0.2, 0.25) is 0 Å². The van der Waals surface area contributed by atoms with Gasteiger partial charge in [-0.2, -0.15) is 0 Å². The first-order chi connectivity index (χ1) is 11.7. The van der Waals surface area contributed by atoms with E-state index in [1.807, 2.05) is 0 Å². The third-order valence-electron chi connectivity index (χ3n) is 4.46. The summed E-state index contributed by atoms with van der Waals surface area (Å²) in [5.74, 6) is 2.14. The summed E-state index contributed by atoms with van der Waals surface area (Å²) in [6.07, 6.45) is 7.76. The lowest BCUT2D eigenvalue weighted by atomic mass is 9.89. The van der Waals surface area contributed by atoms with Gasteiger partial charge in [-0.05, 0) is 36.8 Å². The summed E-state index contributed by atoms with van der Waals surface area (Å²) in [5, 5.41) is 11.8. The van der Waals surface area contributed by atoms with Crippen LogP contribution in [0, 0.1) is 11.3 Å². The molecule has 0 saturated carbocycles. The molecule has 0 spiro atoms. The molecule has 24 heavy (non-hydrogen) atoms. The van der Waals surface area contributed by atoms with Gasteiger partial charge in [0.15, 0.2) is 0 Å². The fourth-order valence-electron chi connectivity index (χ4n) is 3.17. The number of rotatable bonds is 3. The van der Waals surface area contributed by atoms with Crippen LogP contribution < -0.4 is 11.1 Å². The number of nitrogens with one attached hydrogen (secondary N) is 2. The highest BCUT2D eigenvalue weighted by Crippen LogP contribution is 2.40. The number of nitrogens with zero attached hydrogens (tertiary/aromatic N) is 3. The Kier molecular flexibility index (Phi) is 3.65. The molecule has 1 atom stereocenters. The van der Waals surface area contributed by atoms with Gasteiger partial charge in [0.05, 0.1) is 17.3 Å². The molecule has 3 aromatic rings. The summed E-state index contributed by atoms with van der Waals surface area (Å²) in [5.41, 5.74) is 8.31. The number of nitrogen functional groups attached to an aromatic ring is 1. The molecular weight excluding hydrogens is 320 g/mol. The second-order valence-corrected chi connectivity index (χ2v) is 7.31. The average molecular weight is 338 g/mol. The van der Waals surface area contributed by atoms with Crippen LogP contribution in [0.25, 0.3) is 10.2 Å². The van der Waals surface area contributed by atoms with E-state index in [4.69, 9.17) is 11.1 Å². The number of anilines is 3. The van der Waals surface area contributed by atoms with Crippen LogP contribution in [-0.2, 0) is 12.8 Å². The van der Waals surface area contributed by atoms with E-state index in [2.05, 4.69) is 27.2 Å². The number of fused-ring (bicyclic) bond motifs is 3. The Morgan fingerprint density at radius 1 is 1.38 bits per heavy atom. The van der Waals surface area contributed by atoms with E-state index in [9.17, 15) is 0 Å². The van der Waals surface area contributed by atoms with Crippen molar-refractivity contribution in [2.75, 3.05) is 11.1 Å². The highest BCUT2D eigenvalue weighted by molar-refractivity contribution is 7.19. The number of hydrogen-bond acceptors (Lipinski definition) is 7. The van der Waals surface area contributed by atoms with Crippen LogP contribution in [-0.4, -0.2) is 21.2 Å². The van der Waals surface area contributed by atoms with Crippen molar-refractivity contribution < 1.29 is 0 Å². The predicted molar refractivity (Wildman–Crippen MR) is 98.4 cm³/mol. The summed E-state index contributed by atoms with van der Waals surface area (Å²) in [6.45, 7) is 2.30. The number of aryl methyl sites for hydroxylation is 1. The monoisotopic (exact) mass is 338 g/mol. The van der Waals surface area contributed by atoms with Crippen molar-refractivity contribution in [2.24, 2.45) is 5.92 Å². The molecule has 1 aliphatic rings. The third kappa shape index (κ3) is 2.50. The SMILES string of the molecule is CC1CCc2c(sc3ncnc(Nc4cc(C=N)c(N)cn4)c23)C1. The van der Waals surface area contributed by atoms with E-state index >= 15 is 0 Å². The largest absolute Gasteiger partial charge is 0.397 e. The van der Waals surface area contributed by atoms with E-state index in [0.29, 0.717) is 17.1 Å². The second kappa shape index (κ2) is 5.83. The third-order valence-corrected chi connectivity index (χ3v) is 5.62. The zero-order valence-electron chi connectivity index (χ0n) is 13.3. The fraction of sp³-hybridized carbons (Fsp3) is 0.294. The summed E-state index contributed by atoms with van der Waals surface area (Å²) >= 11 is 1.77. The zero-order chi connectivity index (χ0) is 16.7. The smallest absolute Gasteiger partial charge is 0.144 e. The molecule has 0 bridgehead atoms. The van der Waals surface area contributed by atoms with E-state index in [0.717, 1.165) is 34.8 Å². The Morgan fingerprint density at radius 2 is 2.25 bits per heavy atom. The number of thiophene rings is 1. The van der Waals surface area contributed by atoms with Gasteiger partial charge in [-0.3, -0.25) is 0 Å². The second-order valence-electron chi connectivity index (χ2n) is 6.22. The van der Waals surface area contributed by atoms with Gasteiger partial charge in [-0.15, -0.1) is 11.3 Å². The molecule has 1 unspecified atom stereocenters. The molecule has 0 saturated heterocycles. The van der Waals surface area contributed by atoms with Gasteiger partial charge in [0, 0.05) is 16.7 Å². The molecule has 0 fully saturated rings. The molecule has 4 rings (SSSR count). The van der Waals surface area contributed by atoms with Gasteiger partial charge in [-0.1, -0.05) is 6.92 Å². The van der Waals surface area contributed by atoms with Gasteiger partial charge >= 0.3 is 0 Å². The predicted octanol–water partition coefficient (Wildman–Crippen LogP) is 3.53. The minimum Gasteiger partial charge on any atom is -0.397 e. The van der Waals surface area contributed by atoms with Crippen LogP contribution in [0.3, 0.4) is 0 Å². The number of aromatic nitrogens is 3. The van der Waals surface area contributed by atoms with Crippen molar-refractivity contribution in [1.82, 2.24) is 15.0 Å². The van der Waals surface area contributed by atoms with Crippen molar-refractivity contribution in [2.45, 2.75) is 26.2 Å². The summed E-state index contributed by atoms with van der Waals surface area (Å²) < 4.78 is 0. The fourth-order valence-corrected chi connectivity index (χ4v) is 4.52. The van der Waals surface area contributed by atoms with Gasteiger partial charge in [-0.25, -0.2) is 15.0 Å². The van der Waals surface area contributed by atoms with Crippen LogP contribution in [0.2, 0.25) is 0 Å². The Labute approximate surface area is 143 Å². The highest BCUT2D eigenvalue weighted by atomic mass is 32.1. The maximum absolute atomic E-state index is 7.43. The Morgan fingerprint density at radius 3 is 3.08 bits per heavy atom.